The molecule has 0 saturated carbocycles. The maximum atomic E-state index is 9.06. The van der Waals surface area contributed by atoms with Crippen LogP contribution < -0.4 is 4.74 Å². The van der Waals surface area contributed by atoms with E-state index in [1.807, 2.05) is 13.8 Å². The lowest BCUT2D eigenvalue weighted by molar-refractivity contribution is -0.0766. The maximum absolute atomic E-state index is 9.06. The van der Waals surface area contributed by atoms with Gasteiger partial charge in [-0.15, -0.1) is 0 Å². The fraction of sp³-hybridized carbons (Fsp3) is 0.455. The van der Waals surface area contributed by atoms with Gasteiger partial charge in [-0.1, -0.05) is 6.92 Å². The first-order valence-electron chi connectivity index (χ1n) is 4.83. The molecular weight excluding hydrogens is 180 g/mol. The van der Waals surface area contributed by atoms with Gasteiger partial charge in [0.05, 0.1) is 0 Å². The zero-order valence-corrected chi connectivity index (χ0v) is 8.56. The topological polar surface area (TPSA) is 38.7 Å². The van der Waals surface area contributed by atoms with Crippen LogP contribution in [-0.4, -0.2) is 18.0 Å². The van der Waals surface area contributed by atoms with Crippen LogP contribution in [0, 0.1) is 0 Å². The van der Waals surface area contributed by atoms with Crippen LogP contribution in [0.2, 0.25) is 0 Å². The van der Waals surface area contributed by atoms with Crippen molar-refractivity contribution in [3.05, 3.63) is 24.3 Å². The molecule has 1 N–H and O–H groups in total. The first-order chi connectivity index (χ1) is 6.76. The number of benzene rings is 1. The van der Waals surface area contributed by atoms with E-state index in [2.05, 4.69) is 0 Å². The smallest absolute Gasteiger partial charge is 0.199 e. The average molecular weight is 196 g/mol. The molecule has 1 aromatic rings. The van der Waals surface area contributed by atoms with Crippen LogP contribution in [0.15, 0.2) is 24.3 Å². The Labute approximate surface area is 84.3 Å². The predicted molar refractivity (Wildman–Crippen MR) is 54.4 cm³/mol. The van der Waals surface area contributed by atoms with Gasteiger partial charge in [0.15, 0.2) is 6.29 Å². The minimum Gasteiger partial charge on any atom is -0.508 e. The summed E-state index contributed by atoms with van der Waals surface area (Å²) in [5.74, 6) is 0.949. The Morgan fingerprint density at radius 2 is 1.86 bits per heavy atom. The second kappa shape index (κ2) is 5.50. The van der Waals surface area contributed by atoms with Crippen LogP contribution >= 0.6 is 0 Å². The monoisotopic (exact) mass is 196 g/mol. The number of hydrogen-bond donors (Lipinski definition) is 1. The number of phenols is 1. The summed E-state index contributed by atoms with van der Waals surface area (Å²) in [6, 6.07) is 6.62. The lowest BCUT2D eigenvalue weighted by atomic mass is 10.3. The van der Waals surface area contributed by atoms with Crippen molar-refractivity contribution >= 4 is 0 Å². The molecule has 78 valence electrons. The number of phenolic OH excluding ortho intramolecular Hbond substituents is 1. The Morgan fingerprint density at radius 1 is 1.21 bits per heavy atom. The van der Waals surface area contributed by atoms with Gasteiger partial charge in [0.25, 0.3) is 0 Å². The van der Waals surface area contributed by atoms with Gasteiger partial charge in [-0.25, -0.2) is 0 Å². The predicted octanol–water partition coefficient (Wildman–Crippen LogP) is 2.54. The van der Waals surface area contributed by atoms with E-state index in [-0.39, 0.29) is 12.0 Å². The second-order valence-corrected chi connectivity index (χ2v) is 2.90. The van der Waals surface area contributed by atoms with Gasteiger partial charge in [-0.05, 0) is 31.2 Å². The maximum Gasteiger partial charge on any atom is 0.199 e. The Morgan fingerprint density at radius 3 is 2.36 bits per heavy atom. The molecule has 0 radical (unpaired) electrons. The van der Waals surface area contributed by atoms with E-state index in [4.69, 9.17) is 14.6 Å². The molecule has 0 amide bonds. The van der Waals surface area contributed by atoms with Crippen molar-refractivity contribution in [1.29, 1.82) is 0 Å². The highest BCUT2D eigenvalue weighted by atomic mass is 16.7. The molecule has 1 rings (SSSR count). The van der Waals surface area contributed by atoms with Gasteiger partial charge in [-0.3, -0.25) is 0 Å². The lowest BCUT2D eigenvalue weighted by Crippen LogP contribution is -2.19. The van der Waals surface area contributed by atoms with Crippen LogP contribution in [-0.2, 0) is 4.74 Å². The highest BCUT2D eigenvalue weighted by molar-refractivity contribution is 5.30. The van der Waals surface area contributed by atoms with E-state index < -0.39 is 0 Å². The minimum absolute atomic E-state index is 0.204. The van der Waals surface area contributed by atoms with E-state index in [1.54, 1.807) is 24.3 Å². The molecule has 0 spiro atoms. The second-order valence-electron chi connectivity index (χ2n) is 2.90. The largest absolute Gasteiger partial charge is 0.508 e. The van der Waals surface area contributed by atoms with E-state index >= 15 is 0 Å². The zero-order chi connectivity index (χ0) is 10.4. The Hall–Kier alpha value is -1.22. The molecule has 3 nitrogen and oxygen atoms in total. The van der Waals surface area contributed by atoms with Crippen molar-refractivity contribution < 1.29 is 14.6 Å². The van der Waals surface area contributed by atoms with Crippen LogP contribution in [0.3, 0.4) is 0 Å². The summed E-state index contributed by atoms with van der Waals surface area (Å²) >= 11 is 0. The van der Waals surface area contributed by atoms with Crippen molar-refractivity contribution in [2.75, 3.05) is 6.61 Å². The number of ether oxygens (including phenoxy) is 2. The molecule has 0 heterocycles. The van der Waals surface area contributed by atoms with Crippen LogP contribution in [0.5, 0.6) is 11.5 Å². The van der Waals surface area contributed by atoms with E-state index in [0.29, 0.717) is 12.4 Å². The molecular formula is C11H16O3. The normalized spacial score (nSPS) is 12.4. The molecule has 0 aliphatic heterocycles. The molecule has 0 aliphatic rings. The highest BCUT2D eigenvalue weighted by Gasteiger charge is 2.06. The summed E-state index contributed by atoms with van der Waals surface area (Å²) in [5.41, 5.74) is 0. The summed E-state index contributed by atoms with van der Waals surface area (Å²) in [4.78, 5) is 0. The average Bonchev–Trinajstić information content (AvgIpc) is 2.20. The van der Waals surface area contributed by atoms with Crippen molar-refractivity contribution in [3.8, 4) is 11.5 Å². The van der Waals surface area contributed by atoms with Crippen molar-refractivity contribution in [2.24, 2.45) is 0 Å². The SMILES string of the molecule is CCOC(CC)Oc1ccc(O)cc1. The van der Waals surface area contributed by atoms with E-state index in [1.165, 1.54) is 0 Å². The standard InChI is InChI=1S/C11H16O3/c1-3-11(13-4-2)14-10-7-5-9(12)6-8-10/h5-8,11-12H,3-4H2,1-2H3. The van der Waals surface area contributed by atoms with Gasteiger partial charge in [0, 0.05) is 13.0 Å². The molecule has 0 aliphatic carbocycles. The lowest BCUT2D eigenvalue weighted by Gasteiger charge is -2.16. The number of hydrogen-bond acceptors (Lipinski definition) is 3. The summed E-state index contributed by atoms with van der Waals surface area (Å²) in [5, 5.41) is 9.06. The third-order valence-electron chi connectivity index (χ3n) is 1.79. The molecule has 14 heavy (non-hydrogen) atoms. The van der Waals surface area contributed by atoms with Gasteiger partial charge in [-0.2, -0.15) is 0 Å². The van der Waals surface area contributed by atoms with Crippen molar-refractivity contribution in [1.82, 2.24) is 0 Å². The van der Waals surface area contributed by atoms with Gasteiger partial charge in [0.1, 0.15) is 11.5 Å². The summed E-state index contributed by atoms with van der Waals surface area (Å²) in [6.45, 7) is 4.57. The third kappa shape index (κ3) is 3.26. The summed E-state index contributed by atoms with van der Waals surface area (Å²) in [7, 11) is 0. The minimum atomic E-state index is -0.204. The number of aromatic hydroxyl groups is 1. The molecule has 0 aromatic heterocycles. The molecule has 1 aromatic carbocycles. The van der Waals surface area contributed by atoms with Crippen LogP contribution in [0.4, 0.5) is 0 Å². The fourth-order valence-electron chi connectivity index (χ4n) is 1.10. The first-order valence-corrected chi connectivity index (χ1v) is 4.83. The molecule has 1 unspecified atom stereocenters. The van der Waals surface area contributed by atoms with Crippen LogP contribution in [0.1, 0.15) is 20.3 Å². The quantitative estimate of drug-likeness (QED) is 0.735. The third-order valence-corrected chi connectivity index (χ3v) is 1.79. The Kier molecular flexibility index (Phi) is 4.26. The summed E-state index contributed by atoms with van der Waals surface area (Å²) in [6.07, 6.45) is 0.596. The van der Waals surface area contributed by atoms with Crippen molar-refractivity contribution in [3.63, 3.8) is 0 Å². The Balaban J connectivity index is 2.53. The van der Waals surface area contributed by atoms with Crippen LogP contribution in [0.25, 0.3) is 0 Å². The van der Waals surface area contributed by atoms with Gasteiger partial charge < -0.3 is 14.6 Å². The highest BCUT2D eigenvalue weighted by Crippen LogP contribution is 2.18. The fourth-order valence-corrected chi connectivity index (χ4v) is 1.10. The molecule has 0 bridgehead atoms. The van der Waals surface area contributed by atoms with E-state index in [0.717, 1.165) is 6.42 Å². The van der Waals surface area contributed by atoms with E-state index in [9.17, 15) is 0 Å². The zero-order valence-electron chi connectivity index (χ0n) is 8.56. The van der Waals surface area contributed by atoms with Crippen molar-refractivity contribution in [2.45, 2.75) is 26.6 Å². The molecule has 0 saturated heterocycles. The molecule has 1 atom stereocenters. The first kappa shape index (κ1) is 10.9. The number of rotatable bonds is 5. The van der Waals surface area contributed by atoms with Gasteiger partial charge >= 0.3 is 0 Å². The van der Waals surface area contributed by atoms with Gasteiger partial charge in [0.2, 0.25) is 0 Å². The molecule has 0 fully saturated rings. The molecule has 3 heteroatoms. The Bertz CT molecular complexity index is 256. The summed E-state index contributed by atoms with van der Waals surface area (Å²) < 4.78 is 10.9.